The Morgan fingerprint density at radius 1 is 1.27 bits per heavy atom. The van der Waals surface area contributed by atoms with Crippen molar-refractivity contribution in [1.82, 2.24) is 4.90 Å². The van der Waals surface area contributed by atoms with E-state index in [1.807, 2.05) is 13.1 Å². The third-order valence-corrected chi connectivity index (χ3v) is 4.98. The van der Waals surface area contributed by atoms with E-state index in [1.54, 1.807) is 0 Å². The van der Waals surface area contributed by atoms with Gasteiger partial charge in [0.15, 0.2) is 0 Å². The highest BCUT2D eigenvalue weighted by Gasteiger charge is 2.18. The van der Waals surface area contributed by atoms with Gasteiger partial charge in [0.2, 0.25) is 6.41 Å². The minimum Gasteiger partial charge on any atom is -0.386 e. The Labute approximate surface area is 155 Å². The quantitative estimate of drug-likeness (QED) is 0.781. The SMILES string of the molecule is CNc1cc(-c2cccc(CN3CCOC(C)C3)c2C)ccc1NC=O. The van der Waals surface area contributed by atoms with Gasteiger partial charge in [-0.25, -0.2) is 0 Å². The number of carbonyl (C=O) groups is 1. The number of hydrogen-bond acceptors (Lipinski definition) is 4. The van der Waals surface area contributed by atoms with Crippen molar-refractivity contribution in [3.63, 3.8) is 0 Å². The normalized spacial score (nSPS) is 17.7. The van der Waals surface area contributed by atoms with Crippen molar-refractivity contribution in [3.05, 3.63) is 47.5 Å². The number of ether oxygens (including phenoxy) is 1. The molecule has 1 atom stereocenters. The van der Waals surface area contributed by atoms with E-state index in [4.69, 9.17) is 4.74 Å². The molecule has 0 spiro atoms. The van der Waals surface area contributed by atoms with Crippen LogP contribution in [0, 0.1) is 6.92 Å². The van der Waals surface area contributed by atoms with E-state index in [0.717, 1.165) is 43.2 Å². The van der Waals surface area contributed by atoms with Gasteiger partial charge in [-0.1, -0.05) is 24.3 Å². The number of nitrogens with zero attached hydrogens (tertiary/aromatic N) is 1. The lowest BCUT2D eigenvalue weighted by Gasteiger charge is -2.31. The summed E-state index contributed by atoms with van der Waals surface area (Å²) in [6.45, 7) is 8.01. The number of rotatable bonds is 6. The van der Waals surface area contributed by atoms with Crippen molar-refractivity contribution in [2.45, 2.75) is 26.5 Å². The van der Waals surface area contributed by atoms with Gasteiger partial charge in [0, 0.05) is 26.7 Å². The summed E-state index contributed by atoms with van der Waals surface area (Å²) in [6.07, 6.45) is 0.994. The molecule has 2 aromatic carbocycles. The Bertz CT molecular complexity index is 776. The lowest BCUT2D eigenvalue weighted by atomic mass is 9.95. The molecule has 0 bridgehead atoms. The molecule has 1 aliphatic heterocycles. The van der Waals surface area contributed by atoms with Crippen LogP contribution in [0.3, 0.4) is 0 Å². The molecule has 138 valence electrons. The number of benzene rings is 2. The first-order valence-corrected chi connectivity index (χ1v) is 9.07. The van der Waals surface area contributed by atoms with Crippen LogP contribution < -0.4 is 10.6 Å². The summed E-state index contributed by atoms with van der Waals surface area (Å²) in [4.78, 5) is 13.2. The maximum atomic E-state index is 10.8. The van der Waals surface area contributed by atoms with Crippen LogP contribution in [0.15, 0.2) is 36.4 Å². The van der Waals surface area contributed by atoms with E-state index < -0.39 is 0 Å². The predicted octanol–water partition coefficient (Wildman–Crippen LogP) is 3.49. The second kappa shape index (κ2) is 8.34. The summed E-state index contributed by atoms with van der Waals surface area (Å²) in [7, 11) is 1.86. The average molecular weight is 353 g/mol. The molecule has 1 heterocycles. The second-order valence-electron chi connectivity index (χ2n) is 6.78. The van der Waals surface area contributed by atoms with Crippen molar-refractivity contribution in [2.75, 3.05) is 37.4 Å². The average Bonchev–Trinajstić information content (AvgIpc) is 2.64. The summed E-state index contributed by atoms with van der Waals surface area (Å²) >= 11 is 0. The molecule has 1 aliphatic rings. The maximum absolute atomic E-state index is 10.8. The lowest BCUT2D eigenvalue weighted by molar-refractivity contribution is -0.105. The summed E-state index contributed by atoms with van der Waals surface area (Å²) in [5.41, 5.74) is 6.68. The van der Waals surface area contributed by atoms with E-state index >= 15 is 0 Å². The fourth-order valence-corrected chi connectivity index (χ4v) is 3.55. The highest BCUT2D eigenvalue weighted by atomic mass is 16.5. The predicted molar refractivity (Wildman–Crippen MR) is 107 cm³/mol. The van der Waals surface area contributed by atoms with Crippen molar-refractivity contribution < 1.29 is 9.53 Å². The molecule has 0 radical (unpaired) electrons. The molecule has 0 aliphatic carbocycles. The molecule has 1 saturated heterocycles. The Morgan fingerprint density at radius 3 is 2.85 bits per heavy atom. The van der Waals surface area contributed by atoms with Crippen LogP contribution in [0.5, 0.6) is 0 Å². The molecule has 5 heteroatoms. The van der Waals surface area contributed by atoms with E-state index in [1.165, 1.54) is 16.7 Å². The van der Waals surface area contributed by atoms with Gasteiger partial charge >= 0.3 is 0 Å². The van der Waals surface area contributed by atoms with Crippen molar-refractivity contribution in [1.29, 1.82) is 0 Å². The summed E-state index contributed by atoms with van der Waals surface area (Å²) < 4.78 is 5.65. The molecule has 2 aromatic rings. The van der Waals surface area contributed by atoms with Gasteiger partial charge in [-0.15, -0.1) is 0 Å². The van der Waals surface area contributed by atoms with Gasteiger partial charge in [0.25, 0.3) is 0 Å². The van der Waals surface area contributed by atoms with Gasteiger partial charge in [-0.05, 0) is 48.2 Å². The van der Waals surface area contributed by atoms with Crippen LogP contribution in [0.2, 0.25) is 0 Å². The molecule has 0 aromatic heterocycles. The van der Waals surface area contributed by atoms with Gasteiger partial charge in [0.05, 0.1) is 24.1 Å². The van der Waals surface area contributed by atoms with Crippen LogP contribution in [-0.2, 0) is 16.1 Å². The summed E-state index contributed by atoms with van der Waals surface area (Å²) in [6, 6.07) is 12.6. The first kappa shape index (κ1) is 18.4. The van der Waals surface area contributed by atoms with Crippen molar-refractivity contribution >= 4 is 17.8 Å². The maximum Gasteiger partial charge on any atom is 0.211 e. The number of anilines is 2. The third kappa shape index (κ3) is 4.06. The lowest BCUT2D eigenvalue weighted by Crippen LogP contribution is -2.40. The monoisotopic (exact) mass is 353 g/mol. The Kier molecular flexibility index (Phi) is 5.91. The molecule has 5 nitrogen and oxygen atoms in total. The molecular formula is C21H27N3O2. The largest absolute Gasteiger partial charge is 0.386 e. The number of hydrogen-bond donors (Lipinski definition) is 2. The molecule has 1 amide bonds. The third-order valence-electron chi connectivity index (χ3n) is 4.98. The van der Waals surface area contributed by atoms with Gasteiger partial charge in [0.1, 0.15) is 0 Å². The van der Waals surface area contributed by atoms with E-state index in [0.29, 0.717) is 12.5 Å². The van der Waals surface area contributed by atoms with E-state index in [9.17, 15) is 4.79 Å². The highest BCUT2D eigenvalue weighted by molar-refractivity contribution is 5.84. The molecule has 0 saturated carbocycles. The fraction of sp³-hybridized carbons (Fsp3) is 0.381. The van der Waals surface area contributed by atoms with Crippen LogP contribution in [0.4, 0.5) is 11.4 Å². The minimum absolute atomic E-state index is 0.295. The van der Waals surface area contributed by atoms with Crippen LogP contribution in [0.25, 0.3) is 11.1 Å². The topological polar surface area (TPSA) is 53.6 Å². The molecule has 26 heavy (non-hydrogen) atoms. The zero-order chi connectivity index (χ0) is 18.5. The van der Waals surface area contributed by atoms with Gasteiger partial charge in [-0.2, -0.15) is 0 Å². The van der Waals surface area contributed by atoms with Crippen LogP contribution >= 0.6 is 0 Å². The molecule has 1 fully saturated rings. The van der Waals surface area contributed by atoms with E-state index in [-0.39, 0.29) is 0 Å². The number of nitrogens with one attached hydrogen (secondary N) is 2. The number of morpholine rings is 1. The zero-order valence-corrected chi connectivity index (χ0v) is 15.7. The van der Waals surface area contributed by atoms with E-state index in [2.05, 4.69) is 59.7 Å². The van der Waals surface area contributed by atoms with Gasteiger partial charge in [-0.3, -0.25) is 9.69 Å². The smallest absolute Gasteiger partial charge is 0.211 e. The summed E-state index contributed by atoms with van der Waals surface area (Å²) in [5, 5.41) is 5.88. The zero-order valence-electron chi connectivity index (χ0n) is 15.7. The Hall–Kier alpha value is -2.37. The number of carbonyl (C=O) groups excluding carboxylic acids is 1. The highest BCUT2D eigenvalue weighted by Crippen LogP contribution is 2.32. The van der Waals surface area contributed by atoms with Crippen molar-refractivity contribution in [2.24, 2.45) is 0 Å². The van der Waals surface area contributed by atoms with Crippen LogP contribution in [-0.4, -0.2) is 44.2 Å². The molecule has 3 rings (SSSR count). The minimum atomic E-state index is 0.295. The Morgan fingerprint density at radius 2 is 2.12 bits per heavy atom. The van der Waals surface area contributed by atoms with Crippen LogP contribution in [0.1, 0.15) is 18.1 Å². The molecule has 2 N–H and O–H groups in total. The summed E-state index contributed by atoms with van der Waals surface area (Å²) in [5.74, 6) is 0. The van der Waals surface area contributed by atoms with Gasteiger partial charge < -0.3 is 15.4 Å². The standard InChI is InChI=1S/C21H27N3O2/c1-15-12-24(9-10-26-15)13-18-5-4-6-19(16(18)2)17-7-8-20(23-14-25)21(11-17)22-3/h4-8,11,14-15,22H,9-10,12-13H2,1-3H3,(H,23,25). The molecular weight excluding hydrogens is 326 g/mol. The fourth-order valence-electron chi connectivity index (χ4n) is 3.55. The first-order valence-electron chi connectivity index (χ1n) is 9.07. The Balaban J connectivity index is 1.88. The first-order chi connectivity index (χ1) is 12.6. The second-order valence-corrected chi connectivity index (χ2v) is 6.78. The number of amides is 1. The van der Waals surface area contributed by atoms with Crippen molar-refractivity contribution in [3.8, 4) is 11.1 Å². The molecule has 1 unspecified atom stereocenters.